The van der Waals surface area contributed by atoms with E-state index in [0.717, 1.165) is 0 Å². The predicted molar refractivity (Wildman–Crippen MR) is 58.2 cm³/mol. The van der Waals surface area contributed by atoms with Gasteiger partial charge in [0, 0.05) is 6.20 Å². The van der Waals surface area contributed by atoms with E-state index in [1.165, 1.54) is 18.3 Å². The maximum absolute atomic E-state index is 11.7. The Morgan fingerprint density at radius 2 is 2.00 bits per heavy atom. The molecule has 6 heteroatoms. The smallest absolute Gasteiger partial charge is 0.238 e. The van der Waals surface area contributed by atoms with E-state index < -0.39 is 14.8 Å². The van der Waals surface area contributed by atoms with E-state index in [-0.39, 0.29) is 11.6 Å². The van der Waals surface area contributed by atoms with Gasteiger partial charge in [0.15, 0.2) is 11.6 Å². The van der Waals surface area contributed by atoms with Gasteiger partial charge in [0.05, 0.1) is 4.75 Å². The Hall–Kier alpha value is -1.30. The number of aromatic nitrogens is 1. The van der Waals surface area contributed by atoms with E-state index in [0.29, 0.717) is 0 Å². The molecule has 0 saturated heterocycles. The Bertz CT molecular complexity index is 449. The van der Waals surface area contributed by atoms with E-state index in [1.807, 2.05) is 0 Å². The molecule has 0 fully saturated rings. The van der Waals surface area contributed by atoms with Gasteiger partial charge in [-0.2, -0.15) is 0 Å². The van der Waals surface area contributed by atoms with Crippen LogP contribution in [0.4, 0.5) is 5.82 Å². The first-order valence-corrected chi connectivity index (χ1v) is 5.89. The molecule has 0 aromatic carbocycles. The number of hydrogen-bond acceptors (Lipinski definition) is 4. The van der Waals surface area contributed by atoms with Crippen LogP contribution in [0.1, 0.15) is 20.8 Å². The van der Waals surface area contributed by atoms with E-state index in [4.69, 9.17) is 0 Å². The van der Waals surface area contributed by atoms with Crippen LogP contribution in [0.2, 0.25) is 0 Å². The van der Waals surface area contributed by atoms with Crippen LogP contribution in [-0.2, 0) is 10.0 Å². The van der Waals surface area contributed by atoms with Crippen LogP contribution in [0.3, 0.4) is 0 Å². The summed E-state index contributed by atoms with van der Waals surface area (Å²) in [4.78, 5) is 3.74. The third-order valence-corrected chi connectivity index (χ3v) is 3.90. The van der Waals surface area contributed by atoms with Crippen molar-refractivity contribution in [3.63, 3.8) is 0 Å². The molecule has 84 valence electrons. The molecule has 1 aromatic rings. The van der Waals surface area contributed by atoms with Crippen LogP contribution in [0, 0.1) is 0 Å². The number of sulfonamides is 1. The maximum atomic E-state index is 11.7. The first kappa shape index (κ1) is 11.8. The van der Waals surface area contributed by atoms with Gasteiger partial charge in [0.2, 0.25) is 10.0 Å². The Morgan fingerprint density at radius 3 is 2.47 bits per heavy atom. The van der Waals surface area contributed by atoms with Crippen LogP contribution in [0.15, 0.2) is 18.3 Å². The first-order valence-electron chi connectivity index (χ1n) is 4.40. The van der Waals surface area contributed by atoms with Crippen molar-refractivity contribution in [1.82, 2.24) is 4.98 Å². The minimum atomic E-state index is -3.55. The Balaban J connectivity index is 3.03. The van der Waals surface area contributed by atoms with Crippen molar-refractivity contribution < 1.29 is 13.5 Å². The fourth-order valence-electron chi connectivity index (χ4n) is 0.756. The summed E-state index contributed by atoms with van der Waals surface area (Å²) in [6.07, 6.45) is 1.40. The highest BCUT2D eigenvalue weighted by atomic mass is 32.2. The van der Waals surface area contributed by atoms with E-state index in [1.54, 1.807) is 20.8 Å². The monoisotopic (exact) mass is 230 g/mol. The molecule has 0 aliphatic carbocycles. The molecule has 1 heterocycles. The lowest BCUT2D eigenvalue weighted by molar-refractivity contribution is 0.475. The molecule has 0 aliphatic heterocycles. The normalized spacial score (nSPS) is 12.5. The number of rotatable bonds is 2. The van der Waals surface area contributed by atoms with Crippen molar-refractivity contribution in [1.29, 1.82) is 0 Å². The molecule has 0 aliphatic rings. The van der Waals surface area contributed by atoms with E-state index >= 15 is 0 Å². The minimum absolute atomic E-state index is 0.0487. The molecule has 2 N–H and O–H groups in total. The van der Waals surface area contributed by atoms with Gasteiger partial charge in [0.25, 0.3) is 0 Å². The molecule has 5 nitrogen and oxygen atoms in total. The topological polar surface area (TPSA) is 79.3 Å². The minimum Gasteiger partial charge on any atom is -0.504 e. The number of hydrogen-bond donors (Lipinski definition) is 2. The zero-order valence-corrected chi connectivity index (χ0v) is 9.67. The fraction of sp³-hybridized carbons (Fsp3) is 0.444. The number of nitrogens with zero attached hydrogens (tertiary/aromatic N) is 1. The number of anilines is 1. The van der Waals surface area contributed by atoms with Gasteiger partial charge in [-0.15, -0.1) is 0 Å². The van der Waals surface area contributed by atoms with Crippen LogP contribution >= 0.6 is 0 Å². The molecule has 1 rings (SSSR count). The van der Waals surface area contributed by atoms with Crippen molar-refractivity contribution in [2.75, 3.05) is 4.72 Å². The maximum Gasteiger partial charge on any atom is 0.238 e. The first-order chi connectivity index (χ1) is 6.74. The summed E-state index contributed by atoms with van der Waals surface area (Å²) in [5.41, 5.74) is 0. The summed E-state index contributed by atoms with van der Waals surface area (Å²) in [7, 11) is -3.55. The summed E-state index contributed by atoms with van der Waals surface area (Å²) in [5.74, 6) is -0.238. The lowest BCUT2D eigenvalue weighted by Gasteiger charge is -2.20. The highest BCUT2D eigenvalue weighted by Crippen LogP contribution is 2.23. The average Bonchev–Trinajstić information content (AvgIpc) is 2.06. The summed E-state index contributed by atoms with van der Waals surface area (Å²) >= 11 is 0. The molecular weight excluding hydrogens is 216 g/mol. The third kappa shape index (κ3) is 2.59. The Morgan fingerprint density at radius 1 is 1.40 bits per heavy atom. The summed E-state index contributed by atoms with van der Waals surface area (Å²) in [6, 6.07) is 2.89. The Kier molecular flexibility index (Phi) is 2.90. The van der Waals surface area contributed by atoms with Gasteiger partial charge in [0.1, 0.15) is 0 Å². The van der Waals surface area contributed by atoms with Gasteiger partial charge in [-0.25, -0.2) is 13.4 Å². The second kappa shape index (κ2) is 3.69. The lowest BCUT2D eigenvalue weighted by Crippen LogP contribution is -2.33. The van der Waals surface area contributed by atoms with E-state index in [2.05, 4.69) is 9.71 Å². The standard InChI is InChI=1S/C9H14N2O3S/c1-9(2,3)15(13,14)11-8-7(12)5-4-6-10-8/h4-6,12H,1-3H3,(H,10,11). The molecule has 0 spiro atoms. The molecule has 0 amide bonds. The zero-order valence-electron chi connectivity index (χ0n) is 8.85. The molecule has 15 heavy (non-hydrogen) atoms. The molecular formula is C9H14N2O3S. The van der Waals surface area contributed by atoms with Crippen molar-refractivity contribution in [2.45, 2.75) is 25.5 Å². The molecule has 0 unspecified atom stereocenters. The van der Waals surface area contributed by atoms with Crippen molar-refractivity contribution in [2.24, 2.45) is 0 Å². The third-order valence-electron chi connectivity index (χ3n) is 1.82. The largest absolute Gasteiger partial charge is 0.504 e. The predicted octanol–water partition coefficient (Wildman–Crippen LogP) is 1.33. The average molecular weight is 230 g/mol. The zero-order chi connectivity index (χ0) is 11.7. The summed E-state index contributed by atoms with van der Waals surface area (Å²) < 4.78 is 24.7. The molecule has 0 radical (unpaired) electrons. The number of nitrogens with one attached hydrogen (secondary N) is 1. The van der Waals surface area contributed by atoms with Crippen LogP contribution in [-0.4, -0.2) is 23.3 Å². The number of pyridine rings is 1. The van der Waals surface area contributed by atoms with Gasteiger partial charge >= 0.3 is 0 Å². The van der Waals surface area contributed by atoms with Crippen molar-refractivity contribution in [3.8, 4) is 5.75 Å². The molecule has 1 aromatic heterocycles. The van der Waals surface area contributed by atoms with Crippen LogP contribution < -0.4 is 4.72 Å². The second-order valence-corrected chi connectivity index (χ2v) is 6.52. The van der Waals surface area contributed by atoms with Crippen LogP contribution in [0.25, 0.3) is 0 Å². The quantitative estimate of drug-likeness (QED) is 0.803. The van der Waals surface area contributed by atoms with Crippen molar-refractivity contribution >= 4 is 15.8 Å². The van der Waals surface area contributed by atoms with Gasteiger partial charge < -0.3 is 5.11 Å². The summed E-state index contributed by atoms with van der Waals surface area (Å²) in [6.45, 7) is 4.69. The fourth-order valence-corrected chi connectivity index (χ4v) is 1.47. The number of aromatic hydroxyl groups is 1. The lowest BCUT2D eigenvalue weighted by atomic mass is 10.3. The Labute approximate surface area is 89.2 Å². The highest BCUT2D eigenvalue weighted by molar-refractivity contribution is 7.94. The highest BCUT2D eigenvalue weighted by Gasteiger charge is 2.29. The van der Waals surface area contributed by atoms with E-state index in [9.17, 15) is 13.5 Å². The van der Waals surface area contributed by atoms with Gasteiger partial charge in [-0.05, 0) is 32.9 Å². The van der Waals surface area contributed by atoms with Gasteiger partial charge in [-0.1, -0.05) is 0 Å². The van der Waals surface area contributed by atoms with Crippen molar-refractivity contribution in [3.05, 3.63) is 18.3 Å². The van der Waals surface area contributed by atoms with Crippen LogP contribution in [0.5, 0.6) is 5.75 Å². The summed E-state index contributed by atoms with van der Waals surface area (Å²) in [5, 5.41) is 9.35. The molecule has 0 saturated carbocycles. The second-order valence-electron chi connectivity index (χ2n) is 4.09. The SMILES string of the molecule is CC(C)(C)S(=O)(=O)Nc1ncccc1O. The molecule has 0 atom stereocenters. The molecule has 0 bridgehead atoms. The van der Waals surface area contributed by atoms with Gasteiger partial charge in [-0.3, -0.25) is 4.72 Å².